The summed E-state index contributed by atoms with van der Waals surface area (Å²) in [6.07, 6.45) is -0.516. The Morgan fingerprint density at radius 3 is 2.16 bits per heavy atom. The Kier molecular flexibility index (Phi) is 6.36. The summed E-state index contributed by atoms with van der Waals surface area (Å²) in [5.41, 5.74) is -0.562. The zero-order valence-electron chi connectivity index (χ0n) is 12.8. The maximum atomic E-state index is 11.8. The first-order chi connectivity index (χ1) is 8.45. The number of hydrogen-bond donors (Lipinski definition) is 0. The van der Waals surface area contributed by atoms with Crippen LogP contribution < -0.4 is 0 Å². The summed E-state index contributed by atoms with van der Waals surface area (Å²) in [5.74, 6) is 0.228. The lowest BCUT2D eigenvalue weighted by atomic mass is 10.2. The lowest BCUT2D eigenvalue weighted by Crippen LogP contribution is -2.34. The zero-order chi connectivity index (χ0) is 15.4. The molecule has 5 nitrogen and oxygen atoms in total. The van der Waals surface area contributed by atoms with Gasteiger partial charge in [0.1, 0.15) is 11.4 Å². The molecule has 0 aromatic carbocycles. The first-order valence-corrected chi connectivity index (χ1v) is 6.46. The van der Waals surface area contributed by atoms with Crippen LogP contribution in [0.1, 0.15) is 34.6 Å². The Bertz CT molecular complexity index is 373. The standard InChI is InChI=1S/C13H24ClN3O2/c1-9(2)16(7)11(14)15-10(3)17(8)12(18)19-13(4,5)6/h9H,3H2,1-2,4-8H3. The van der Waals surface area contributed by atoms with E-state index in [4.69, 9.17) is 16.3 Å². The molecule has 0 bridgehead atoms. The molecule has 0 atom stereocenters. The molecule has 0 aliphatic rings. The van der Waals surface area contributed by atoms with E-state index in [0.717, 1.165) is 0 Å². The predicted octanol–water partition coefficient (Wildman–Crippen LogP) is 3.26. The van der Waals surface area contributed by atoms with Gasteiger partial charge in [-0.3, -0.25) is 4.90 Å². The van der Waals surface area contributed by atoms with Gasteiger partial charge in [-0.05, 0) is 46.2 Å². The van der Waals surface area contributed by atoms with E-state index in [0.29, 0.717) is 0 Å². The molecule has 0 N–H and O–H groups in total. The van der Waals surface area contributed by atoms with Crippen molar-refractivity contribution in [2.24, 2.45) is 4.99 Å². The van der Waals surface area contributed by atoms with E-state index in [1.165, 1.54) is 4.90 Å². The van der Waals surface area contributed by atoms with E-state index in [1.54, 1.807) is 32.7 Å². The highest BCUT2D eigenvalue weighted by atomic mass is 35.5. The largest absolute Gasteiger partial charge is 0.443 e. The monoisotopic (exact) mass is 289 g/mol. The first kappa shape index (κ1) is 17.8. The molecule has 6 heteroatoms. The van der Waals surface area contributed by atoms with Crippen LogP contribution in [0.5, 0.6) is 0 Å². The van der Waals surface area contributed by atoms with Crippen LogP contribution in [0.3, 0.4) is 0 Å². The van der Waals surface area contributed by atoms with Gasteiger partial charge in [0.2, 0.25) is 0 Å². The third-order valence-electron chi connectivity index (χ3n) is 2.34. The summed E-state index contributed by atoms with van der Waals surface area (Å²) in [6, 6.07) is 0.205. The van der Waals surface area contributed by atoms with Gasteiger partial charge in [-0.15, -0.1) is 0 Å². The molecule has 1 amide bonds. The minimum Gasteiger partial charge on any atom is -0.443 e. The van der Waals surface area contributed by atoms with Crippen LogP contribution >= 0.6 is 11.6 Å². The highest BCUT2D eigenvalue weighted by Crippen LogP contribution is 2.13. The van der Waals surface area contributed by atoms with Crippen molar-refractivity contribution in [3.8, 4) is 0 Å². The molecule has 19 heavy (non-hydrogen) atoms. The lowest BCUT2D eigenvalue weighted by molar-refractivity contribution is 0.0352. The molecule has 0 unspecified atom stereocenters. The number of hydrogen-bond acceptors (Lipinski definition) is 3. The quantitative estimate of drug-likeness (QED) is 0.455. The maximum Gasteiger partial charge on any atom is 0.415 e. The van der Waals surface area contributed by atoms with Gasteiger partial charge in [0, 0.05) is 20.1 Å². The second-order valence-electron chi connectivity index (χ2n) is 5.54. The number of nitrogens with zero attached hydrogens (tertiary/aromatic N) is 3. The molecule has 0 saturated carbocycles. The minimum absolute atomic E-state index is 0.205. The number of halogens is 1. The second-order valence-corrected chi connectivity index (χ2v) is 5.88. The zero-order valence-corrected chi connectivity index (χ0v) is 13.6. The first-order valence-electron chi connectivity index (χ1n) is 6.08. The fourth-order valence-electron chi connectivity index (χ4n) is 0.909. The van der Waals surface area contributed by atoms with Crippen molar-refractivity contribution in [1.82, 2.24) is 9.80 Å². The van der Waals surface area contributed by atoms with E-state index in [1.807, 2.05) is 20.9 Å². The number of amides is 1. The normalized spacial score (nSPS) is 12.4. The van der Waals surface area contributed by atoms with Crippen molar-refractivity contribution in [1.29, 1.82) is 0 Å². The summed E-state index contributed by atoms with van der Waals surface area (Å²) in [6.45, 7) is 13.1. The van der Waals surface area contributed by atoms with E-state index in [9.17, 15) is 4.79 Å². The van der Waals surface area contributed by atoms with Crippen molar-refractivity contribution >= 4 is 23.0 Å². The van der Waals surface area contributed by atoms with E-state index in [-0.39, 0.29) is 17.2 Å². The van der Waals surface area contributed by atoms with Gasteiger partial charge in [-0.2, -0.15) is 0 Å². The number of ether oxygens (including phenoxy) is 1. The van der Waals surface area contributed by atoms with Crippen molar-refractivity contribution in [2.75, 3.05) is 14.1 Å². The van der Waals surface area contributed by atoms with Gasteiger partial charge in [0.05, 0.1) is 0 Å². The van der Waals surface area contributed by atoms with E-state index >= 15 is 0 Å². The number of rotatable bonds is 3. The van der Waals surface area contributed by atoms with E-state index in [2.05, 4.69) is 11.6 Å². The molecule has 0 fully saturated rings. The average molecular weight is 290 g/mol. The fraction of sp³-hybridized carbons (Fsp3) is 0.692. The summed E-state index contributed by atoms with van der Waals surface area (Å²) in [5, 5.41) is 0.274. The molecule has 0 rings (SSSR count). The summed E-state index contributed by atoms with van der Waals surface area (Å²) < 4.78 is 5.21. The van der Waals surface area contributed by atoms with Crippen molar-refractivity contribution in [3.05, 3.63) is 12.4 Å². The van der Waals surface area contributed by atoms with Gasteiger partial charge in [-0.25, -0.2) is 9.79 Å². The maximum absolute atomic E-state index is 11.8. The Labute approximate surface area is 120 Å². The van der Waals surface area contributed by atoms with Crippen LogP contribution in [-0.4, -0.2) is 46.9 Å². The molecule has 0 heterocycles. The summed E-state index contributed by atoms with van der Waals surface area (Å²) >= 11 is 6.04. The molecule has 110 valence electrons. The van der Waals surface area contributed by atoms with Crippen LogP contribution in [0, 0.1) is 0 Å². The number of carbonyl (C=O) groups is 1. The Morgan fingerprint density at radius 1 is 1.32 bits per heavy atom. The molecule has 0 spiro atoms. The average Bonchev–Trinajstić information content (AvgIpc) is 2.23. The SMILES string of the molecule is C=C(N=C(Cl)N(C)C(C)C)N(C)C(=O)OC(C)(C)C. The van der Waals surface area contributed by atoms with Gasteiger partial charge in [0.25, 0.3) is 0 Å². The summed E-state index contributed by atoms with van der Waals surface area (Å²) in [7, 11) is 3.36. The fourth-order valence-corrected chi connectivity index (χ4v) is 1.20. The molecule has 0 aliphatic heterocycles. The van der Waals surface area contributed by atoms with Gasteiger partial charge in [0.15, 0.2) is 5.29 Å². The third kappa shape index (κ3) is 6.47. The van der Waals surface area contributed by atoms with Crippen molar-refractivity contribution in [3.63, 3.8) is 0 Å². The number of amidine groups is 1. The minimum atomic E-state index is -0.562. The van der Waals surface area contributed by atoms with Crippen LogP contribution in [0.25, 0.3) is 0 Å². The van der Waals surface area contributed by atoms with Crippen molar-refractivity contribution < 1.29 is 9.53 Å². The topological polar surface area (TPSA) is 45.1 Å². The molecular weight excluding hydrogens is 266 g/mol. The Balaban J connectivity index is 4.75. The van der Waals surface area contributed by atoms with Gasteiger partial charge < -0.3 is 9.64 Å². The van der Waals surface area contributed by atoms with Crippen LogP contribution in [0.15, 0.2) is 17.4 Å². The second kappa shape index (κ2) is 6.80. The van der Waals surface area contributed by atoms with Crippen LogP contribution in [0.2, 0.25) is 0 Å². The highest BCUT2D eigenvalue weighted by Gasteiger charge is 2.21. The number of aliphatic imine (C=N–C) groups is 1. The van der Waals surface area contributed by atoms with E-state index < -0.39 is 11.7 Å². The van der Waals surface area contributed by atoms with Crippen molar-refractivity contribution in [2.45, 2.75) is 46.3 Å². The Hall–Kier alpha value is -1.23. The van der Waals surface area contributed by atoms with Crippen LogP contribution in [-0.2, 0) is 4.74 Å². The van der Waals surface area contributed by atoms with Gasteiger partial charge >= 0.3 is 6.09 Å². The Morgan fingerprint density at radius 2 is 1.79 bits per heavy atom. The molecule has 0 saturated heterocycles. The number of carbonyl (C=O) groups excluding carboxylic acids is 1. The molecule has 0 aromatic heterocycles. The molecular formula is C13H24ClN3O2. The molecule has 0 radical (unpaired) electrons. The predicted molar refractivity (Wildman–Crippen MR) is 79.3 cm³/mol. The third-order valence-corrected chi connectivity index (χ3v) is 2.69. The van der Waals surface area contributed by atoms with Crippen LogP contribution in [0.4, 0.5) is 4.79 Å². The van der Waals surface area contributed by atoms with Gasteiger partial charge in [-0.1, -0.05) is 6.58 Å². The lowest BCUT2D eigenvalue weighted by Gasteiger charge is -2.25. The highest BCUT2D eigenvalue weighted by molar-refractivity contribution is 6.64. The molecule has 0 aliphatic carbocycles. The molecule has 0 aromatic rings. The smallest absolute Gasteiger partial charge is 0.415 e. The summed E-state index contributed by atoms with van der Waals surface area (Å²) in [4.78, 5) is 18.9.